The lowest BCUT2D eigenvalue weighted by Crippen LogP contribution is -2.42. The van der Waals surface area contributed by atoms with E-state index in [4.69, 9.17) is 4.98 Å². The van der Waals surface area contributed by atoms with Crippen LogP contribution >= 0.6 is 22.7 Å². The van der Waals surface area contributed by atoms with Gasteiger partial charge in [-0.1, -0.05) is 12.1 Å². The molecule has 0 radical (unpaired) electrons. The number of nitrogens with one attached hydrogen (secondary N) is 1. The molecule has 1 atom stereocenters. The molecule has 0 saturated carbocycles. The van der Waals surface area contributed by atoms with E-state index in [1.54, 1.807) is 16.2 Å². The lowest BCUT2D eigenvalue weighted by atomic mass is 10.1. The van der Waals surface area contributed by atoms with Crippen LogP contribution in [0.4, 0.5) is 5.69 Å². The number of amides is 2. The summed E-state index contributed by atoms with van der Waals surface area (Å²) in [5.74, 6) is -0.195. The zero-order chi connectivity index (χ0) is 21.4. The molecular formula is C24H21N3O2S2. The summed E-state index contributed by atoms with van der Waals surface area (Å²) in [6.07, 6.45) is 1.53. The van der Waals surface area contributed by atoms with Crippen LogP contribution in [0.15, 0.2) is 60.0 Å². The Hall–Kier alpha value is -3.03. The smallest absolute Gasteiger partial charge is 0.264 e. The molecular weight excluding hydrogens is 426 g/mol. The van der Waals surface area contributed by atoms with Crippen molar-refractivity contribution in [3.63, 3.8) is 0 Å². The lowest BCUT2D eigenvalue weighted by molar-refractivity contribution is -0.119. The molecule has 0 bridgehead atoms. The van der Waals surface area contributed by atoms with Gasteiger partial charge in [0.1, 0.15) is 11.0 Å². The van der Waals surface area contributed by atoms with Gasteiger partial charge in [0.2, 0.25) is 5.91 Å². The second-order valence-electron chi connectivity index (χ2n) is 7.69. The van der Waals surface area contributed by atoms with Gasteiger partial charge in [-0.05, 0) is 73.2 Å². The van der Waals surface area contributed by atoms with Crippen molar-refractivity contribution >= 4 is 50.4 Å². The second kappa shape index (κ2) is 8.24. The Morgan fingerprint density at radius 3 is 2.74 bits per heavy atom. The lowest BCUT2D eigenvalue weighted by Gasteiger charge is -2.23. The molecule has 31 heavy (non-hydrogen) atoms. The highest BCUT2D eigenvalue weighted by Gasteiger charge is 2.34. The molecule has 1 fully saturated rings. The first kappa shape index (κ1) is 19.9. The Morgan fingerprint density at radius 2 is 1.97 bits per heavy atom. The SMILES string of the molecule is Cc1ccc2sc(-c3ccc(NC(=O)[C@@H]4CCCN4C(=O)c4cccs4)cc3)nc2c1. The predicted octanol–water partition coefficient (Wildman–Crippen LogP) is 5.58. The molecule has 2 aromatic heterocycles. The van der Waals surface area contributed by atoms with Gasteiger partial charge in [0, 0.05) is 17.8 Å². The van der Waals surface area contributed by atoms with E-state index in [9.17, 15) is 9.59 Å². The summed E-state index contributed by atoms with van der Waals surface area (Å²) in [5, 5.41) is 5.82. The van der Waals surface area contributed by atoms with Gasteiger partial charge >= 0.3 is 0 Å². The molecule has 4 aromatic rings. The van der Waals surface area contributed by atoms with Crippen molar-refractivity contribution in [2.24, 2.45) is 0 Å². The Bertz CT molecular complexity index is 1250. The fraction of sp³-hybridized carbons (Fsp3) is 0.208. The average Bonchev–Trinajstić information content (AvgIpc) is 3.53. The van der Waals surface area contributed by atoms with E-state index in [0.29, 0.717) is 17.8 Å². The van der Waals surface area contributed by atoms with Crippen LogP contribution in [0.3, 0.4) is 0 Å². The third kappa shape index (κ3) is 3.98. The zero-order valence-corrected chi connectivity index (χ0v) is 18.6. The third-order valence-corrected chi connectivity index (χ3v) is 7.43. The van der Waals surface area contributed by atoms with Gasteiger partial charge in [0.15, 0.2) is 0 Å². The number of thiazole rings is 1. The average molecular weight is 448 g/mol. The number of aromatic nitrogens is 1. The number of anilines is 1. The maximum Gasteiger partial charge on any atom is 0.264 e. The van der Waals surface area contributed by atoms with Gasteiger partial charge in [0.25, 0.3) is 5.91 Å². The Labute approximate surface area is 188 Å². The summed E-state index contributed by atoms with van der Waals surface area (Å²) in [4.78, 5) is 32.7. The predicted molar refractivity (Wildman–Crippen MR) is 127 cm³/mol. The Kier molecular flexibility index (Phi) is 5.29. The van der Waals surface area contributed by atoms with Crippen LogP contribution in [0, 0.1) is 6.92 Å². The van der Waals surface area contributed by atoms with Crippen LogP contribution in [-0.4, -0.2) is 34.3 Å². The highest BCUT2D eigenvalue weighted by atomic mass is 32.1. The number of carbonyl (C=O) groups is 2. The maximum absolute atomic E-state index is 12.9. The number of hydrogen-bond donors (Lipinski definition) is 1. The van der Waals surface area contributed by atoms with Crippen LogP contribution in [-0.2, 0) is 4.79 Å². The summed E-state index contributed by atoms with van der Waals surface area (Å²) >= 11 is 3.07. The molecule has 2 aromatic carbocycles. The molecule has 3 heterocycles. The Balaban J connectivity index is 1.29. The van der Waals surface area contributed by atoms with Crippen molar-refractivity contribution in [1.29, 1.82) is 0 Å². The normalized spacial score (nSPS) is 16.0. The summed E-state index contributed by atoms with van der Waals surface area (Å²) in [5.41, 5.74) is 3.95. The number of benzene rings is 2. The van der Waals surface area contributed by atoms with Gasteiger partial charge in [-0.3, -0.25) is 9.59 Å². The number of nitrogens with zero attached hydrogens (tertiary/aromatic N) is 2. The number of aryl methyl sites for hydroxylation is 1. The van der Waals surface area contributed by atoms with Crippen molar-refractivity contribution < 1.29 is 9.59 Å². The zero-order valence-electron chi connectivity index (χ0n) is 17.0. The van der Waals surface area contributed by atoms with Crippen LogP contribution in [0.1, 0.15) is 28.1 Å². The van der Waals surface area contributed by atoms with Gasteiger partial charge in [0.05, 0.1) is 15.1 Å². The van der Waals surface area contributed by atoms with Crippen LogP contribution in [0.5, 0.6) is 0 Å². The van der Waals surface area contributed by atoms with E-state index in [0.717, 1.165) is 32.9 Å². The summed E-state index contributed by atoms with van der Waals surface area (Å²) in [7, 11) is 0. The molecule has 0 aliphatic carbocycles. The van der Waals surface area contributed by atoms with Crippen LogP contribution < -0.4 is 5.32 Å². The highest BCUT2D eigenvalue weighted by Crippen LogP contribution is 2.31. The summed E-state index contributed by atoms with van der Waals surface area (Å²) in [6.45, 7) is 2.68. The number of fused-ring (bicyclic) bond motifs is 1. The molecule has 1 aliphatic rings. The van der Waals surface area contributed by atoms with E-state index in [2.05, 4.69) is 30.4 Å². The quantitative estimate of drug-likeness (QED) is 0.444. The standard InChI is InChI=1S/C24H21N3O2S2/c1-15-6-11-20-18(14-15)26-23(31-20)16-7-9-17(10-8-16)25-22(28)19-4-2-12-27(19)24(29)21-5-3-13-30-21/h3,5-11,13-14,19H,2,4,12H2,1H3,(H,25,28)/t19-/m0/s1. The molecule has 1 saturated heterocycles. The van der Waals surface area contributed by atoms with E-state index in [1.807, 2.05) is 41.8 Å². The highest BCUT2D eigenvalue weighted by molar-refractivity contribution is 7.21. The third-order valence-electron chi connectivity index (χ3n) is 5.49. The molecule has 0 spiro atoms. The first-order valence-corrected chi connectivity index (χ1v) is 11.9. The van der Waals surface area contributed by atoms with E-state index < -0.39 is 6.04 Å². The van der Waals surface area contributed by atoms with Crippen molar-refractivity contribution in [3.05, 3.63) is 70.4 Å². The number of rotatable bonds is 4. The maximum atomic E-state index is 12.9. The van der Waals surface area contributed by atoms with Gasteiger partial charge in [-0.15, -0.1) is 22.7 Å². The minimum Gasteiger partial charge on any atom is -0.326 e. The van der Waals surface area contributed by atoms with E-state index >= 15 is 0 Å². The van der Waals surface area contributed by atoms with Crippen LogP contribution in [0.2, 0.25) is 0 Å². The molecule has 0 unspecified atom stereocenters. The van der Waals surface area contributed by atoms with Gasteiger partial charge in [-0.25, -0.2) is 4.98 Å². The number of hydrogen-bond acceptors (Lipinski definition) is 5. The van der Waals surface area contributed by atoms with E-state index in [-0.39, 0.29) is 11.8 Å². The first-order chi connectivity index (χ1) is 15.1. The second-order valence-corrected chi connectivity index (χ2v) is 9.67. The van der Waals surface area contributed by atoms with Gasteiger partial charge < -0.3 is 10.2 Å². The minimum absolute atomic E-state index is 0.0610. The molecule has 5 nitrogen and oxygen atoms in total. The topological polar surface area (TPSA) is 62.3 Å². The molecule has 156 valence electrons. The fourth-order valence-corrected chi connectivity index (χ4v) is 5.54. The molecule has 1 aliphatic heterocycles. The van der Waals surface area contributed by atoms with Crippen molar-refractivity contribution in [2.45, 2.75) is 25.8 Å². The molecule has 7 heteroatoms. The van der Waals surface area contributed by atoms with E-state index in [1.165, 1.54) is 16.9 Å². The minimum atomic E-state index is -0.429. The molecule has 2 amide bonds. The van der Waals surface area contributed by atoms with Crippen LogP contribution in [0.25, 0.3) is 20.8 Å². The Morgan fingerprint density at radius 1 is 1.13 bits per heavy atom. The number of thiophene rings is 1. The van der Waals surface area contributed by atoms with Crippen molar-refractivity contribution in [1.82, 2.24) is 9.88 Å². The number of carbonyl (C=O) groups excluding carboxylic acids is 2. The largest absolute Gasteiger partial charge is 0.326 e. The molecule has 1 N–H and O–H groups in total. The fourth-order valence-electron chi connectivity index (χ4n) is 3.91. The molecule has 5 rings (SSSR count). The van der Waals surface area contributed by atoms with Crippen molar-refractivity contribution in [3.8, 4) is 10.6 Å². The van der Waals surface area contributed by atoms with Gasteiger partial charge in [-0.2, -0.15) is 0 Å². The first-order valence-electron chi connectivity index (χ1n) is 10.2. The monoisotopic (exact) mass is 447 g/mol. The summed E-state index contributed by atoms with van der Waals surface area (Å²) in [6, 6.07) is 17.3. The number of likely N-dealkylation sites (tertiary alicyclic amines) is 1. The summed E-state index contributed by atoms with van der Waals surface area (Å²) < 4.78 is 1.16. The van der Waals surface area contributed by atoms with Crippen molar-refractivity contribution in [2.75, 3.05) is 11.9 Å².